The molecule has 0 amide bonds. The molecule has 0 atom stereocenters. The van der Waals surface area contributed by atoms with Crippen LogP contribution >= 0.6 is 0 Å². The summed E-state index contributed by atoms with van der Waals surface area (Å²) in [6, 6.07) is 13.5. The molecule has 0 aliphatic heterocycles. The minimum atomic E-state index is -1.10. The number of aromatic nitrogens is 4. The average molecular weight is 334 g/mol. The molecule has 0 saturated carbocycles. The zero-order valence-corrected chi connectivity index (χ0v) is 13.6. The van der Waals surface area contributed by atoms with E-state index in [1.165, 1.54) is 4.68 Å². The zero-order chi connectivity index (χ0) is 17.6. The summed E-state index contributed by atoms with van der Waals surface area (Å²) >= 11 is 0. The number of fused-ring (bicyclic) bond motifs is 1. The van der Waals surface area contributed by atoms with Crippen molar-refractivity contribution in [3.8, 4) is 17.0 Å². The number of benzene rings is 2. The van der Waals surface area contributed by atoms with Crippen LogP contribution in [0.25, 0.3) is 27.9 Å². The molecule has 0 saturated heterocycles. The van der Waals surface area contributed by atoms with Crippen molar-refractivity contribution >= 4 is 16.9 Å². The number of carboxylic acid groups (broad SMARTS) is 1. The Balaban J connectivity index is 1.94. The molecular weight excluding hydrogens is 320 g/mol. The lowest BCUT2D eigenvalue weighted by molar-refractivity contribution is 0.0689. The Morgan fingerprint density at radius 1 is 1.16 bits per heavy atom. The van der Waals surface area contributed by atoms with Crippen molar-refractivity contribution in [3.63, 3.8) is 0 Å². The van der Waals surface area contributed by atoms with Crippen LogP contribution in [0.1, 0.15) is 21.7 Å². The van der Waals surface area contributed by atoms with E-state index in [1.807, 2.05) is 49.4 Å². The lowest BCUT2D eigenvalue weighted by Crippen LogP contribution is -2.04. The van der Waals surface area contributed by atoms with E-state index in [-0.39, 0.29) is 5.69 Å². The smallest absolute Gasteiger partial charge is 0.358 e. The van der Waals surface area contributed by atoms with E-state index >= 15 is 0 Å². The largest absolute Gasteiger partial charge is 0.476 e. The fraction of sp³-hybridized carbons (Fsp3) is 0.111. The van der Waals surface area contributed by atoms with Crippen molar-refractivity contribution in [2.45, 2.75) is 13.8 Å². The number of carboxylic acids is 1. The molecule has 1 N–H and O–H groups in total. The monoisotopic (exact) mass is 334 g/mol. The number of aromatic carboxylic acids is 1. The second-order valence-corrected chi connectivity index (χ2v) is 5.77. The molecule has 2 aromatic carbocycles. The van der Waals surface area contributed by atoms with Crippen LogP contribution in [-0.2, 0) is 0 Å². The van der Waals surface area contributed by atoms with Crippen molar-refractivity contribution < 1.29 is 14.4 Å². The highest BCUT2D eigenvalue weighted by atomic mass is 16.5. The summed E-state index contributed by atoms with van der Waals surface area (Å²) in [4.78, 5) is 11.2. The van der Waals surface area contributed by atoms with Gasteiger partial charge in [-0.25, -0.2) is 9.48 Å². The molecule has 7 heteroatoms. The van der Waals surface area contributed by atoms with E-state index in [4.69, 9.17) is 4.52 Å². The summed E-state index contributed by atoms with van der Waals surface area (Å²) in [5, 5.41) is 21.9. The van der Waals surface area contributed by atoms with E-state index in [0.717, 1.165) is 27.7 Å². The number of hydrogen-bond acceptors (Lipinski definition) is 5. The van der Waals surface area contributed by atoms with Gasteiger partial charge in [-0.1, -0.05) is 40.7 Å². The third kappa shape index (κ3) is 2.37. The summed E-state index contributed by atoms with van der Waals surface area (Å²) in [6.07, 6.45) is 0. The lowest BCUT2D eigenvalue weighted by Gasteiger charge is -2.07. The summed E-state index contributed by atoms with van der Waals surface area (Å²) in [6.45, 7) is 3.59. The third-order valence-corrected chi connectivity index (χ3v) is 4.16. The quantitative estimate of drug-likeness (QED) is 0.617. The highest BCUT2D eigenvalue weighted by molar-refractivity contribution is 5.93. The first-order valence-corrected chi connectivity index (χ1v) is 7.67. The normalized spacial score (nSPS) is 11.1. The molecule has 0 aliphatic carbocycles. The molecule has 4 aromatic rings. The van der Waals surface area contributed by atoms with Gasteiger partial charge in [0.2, 0.25) is 0 Å². The maximum Gasteiger partial charge on any atom is 0.358 e. The highest BCUT2D eigenvalue weighted by Crippen LogP contribution is 2.31. The van der Waals surface area contributed by atoms with Gasteiger partial charge < -0.3 is 9.63 Å². The van der Waals surface area contributed by atoms with Crippen molar-refractivity contribution in [3.05, 3.63) is 59.4 Å². The molecule has 0 spiro atoms. The molecular formula is C18H14N4O3. The highest BCUT2D eigenvalue weighted by Gasteiger charge is 2.19. The fourth-order valence-electron chi connectivity index (χ4n) is 2.86. The van der Waals surface area contributed by atoms with Gasteiger partial charge >= 0.3 is 5.97 Å². The van der Waals surface area contributed by atoms with Gasteiger partial charge in [-0.05, 0) is 31.5 Å². The Labute approximate surface area is 142 Å². The first kappa shape index (κ1) is 15.1. The second-order valence-electron chi connectivity index (χ2n) is 5.77. The molecule has 0 unspecified atom stereocenters. The maximum absolute atomic E-state index is 11.2. The fourth-order valence-corrected chi connectivity index (χ4v) is 2.86. The summed E-state index contributed by atoms with van der Waals surface area (Å²) < 4.78 is 7.06. The number of carbonyl (C=O) groups is 1. The molecule has 2 aromatic heterocycles. The molecule has 0 radical (unpaired) electrons. The van der Waals surface area contributed by atoms with Crippen molar-refractivity contribution in [1.82, 2.24) is 20.2 Å². The predicted molar refractivity (Wildman–Crippen MR) is 90.8 cm³/mol. The summed E-state index contributed by atoms with van der Waals surface area (Å²) in [7, 11) is 0. The van der Waals surface area contributed by atoms with E-state index in [1.54, 1.807) is 6.92 Å². The van der Waals surface area contributed by atoms with Crippen LogP contribution < -0.4 is 0 Å². The van der Waals surface area contributed by atoms with E-state index in [2.05, 4.69) is 15.5 Å². The summed E-state index contributed by atoms with van der Waals surface area (Å²) in [5.74, 6) is -0.439. The predicted octanol–water partition coefficient (Wildman–Crippen LogP) is 3.39. The van der Waals surface area contributed by atoms with Crippen LogP contribution in [0, 0.1) is 13.8 Å². The van der Waals surface area contributed by atoms with Crippen LogP contribution in [0.3, 0.4) is 0 Å². The molecule has 0 fully saturated rings. The molecule has 7 nitrogen and oxygen atoms in total. The van der Waals surface area contributed by atoms with Gasteiger partial charge in [-0.15, -0.1) is 5.10 Å². The molecule has 2 heterocycles. The van der Waals surface area contributed by atoms with Crippen LogP contribution in [0.2, 0.25) is 0 Å². The number of nitrogens with zero attached hydrogens (tertiary/aromatic N) is 4. The minimum Gasteiger partial charge on any atom is -0.476 e. The van der Waals surface area contributed by atoms with Gasteiger partial charge in [0.05, 0.1) is 16.8 Å². The third-order valence-electron chi connectivity index (χ3n) is 4.16. The minimum absolute atomic E-state index is 0.0619. The van der Waals surface area contributed by atoms with Gasteiger partial charge in [-0.3, -0.25) is 0 Å². The average Bonchev–Trinajstić information content (AvgIpc) is 3.18. The standard InChI is InChI=1S/C18H14N4O3/c1-10-8-14-13(17(25-20-14)12-6-4-3-5-7-12)9-15(10)22-11(2)16(18(23)24)19-21-22/h3-9H,1-2H3,(H,23,24). The van der Waals surface area contributed by atoms with Gasteiger partial charge in [0.25, 0.3) is 0 Å². The van der Waals surface area contributed by atoms with E-state index < -0.39 is 5.97 Å². The Morgan fingerprint density at radius 3 is 2.60 bits per heavy atom. The molecule has 4 rings (SSSR count). The van der Waals surface area contributed by atoms with Crippen LogP contribution in [-0.4, -0.2) is 31.2 Å². The molecule has 25 heavy (non-hydrogen) atoms. The van der Waals surface area contributed by atoms with Gasteiger partial charge in [0, 0.05) is 5.56 Å². The summed E-state index contributed by atoms with van der Waals surface area (Å²) in [5.41, 5.74) is 3.69. The van der Waals surface area contributed by atoms with Gasteiger partial charge in [0.1, 0.15) is 5.52 Å². The Morgan fingerprint density at radius 2 is 1.92 bits per heavy atom. The maximum atomic E-state index is 11.2. The SMILES string of the molecule is Cc1cc2noc(-c3ccccc3)c2cc1-n1nnc(C(=O)O)c1C. The first-order chi connectivity index (χ1) is 12.1. The number of aryl methyl sites for hydroxylation is 1. The van der Waals surface area contributed by atoms with Crippen molar-refractivity contribution in [2.24, 2.45) is 0 Å². The Hall–Kier alpha value is -3.48. The molecule has 0 aliphatic rings. The number of rotatable bonds is 3. The van der Waals surface area contributed by atoms with Gasteiger partial charge in [0.15, 0.2) is 11.5 Å². The van der Waals surface area contributed by atoms with Crippen LogP contribution in [0.15, 0.2) is 47.0 Å². The molecule has 0 bridgehead atoms. The van der Waals surface area contributed by atoms with E-state index in [0.29, 0.717) is 11.5 Å². The zero-order valence-electron chi connectivity index (χ0n) is 13.6. The molecule has 124 valence electrons. The lowest BCUT2D eigenvalue weighted by atomic mass is 10.1. The number of hydrogen-bond donors (Lipinski definition) is 1. The Kier molecular flexibility index (Phi) is 3.35. The van der Waals surface area contributed by atoms with Crippen LogP contribution in [0.4, 0.5) is 0 Å². The Bertz CT molecular complexity index is 1100. The van der Waals surface area contributed by atoms with Crippen LogP contribution in [0.5, 0.6) is 0 Å². The van der Waals surface area contributed by atoms with Gasteiger partial charge in [-0.2, -0.15) is 0 Å². The second kappa shape index (κ2) is 5.55. The van der Waals surface area contributed by atoms with Crippen molar-refractivity contribution in [2.75, 3.05) is 0 Å². The van der Waals surface area contributed by atoms with E-state index in [9.17, 15) is 9.90 Å². The van der Waals surface area contributed by atoms with Crippen molar-refractivity contribution in [1.29, 1.82) is 0 Å². The topological polar surface area (TPSA) is 94.0 Å². The first-order valence-electron chi connectivity index (χ1n) is 7.67.